The summed E-state index contributed by atoms with van der Waals surface area (Å²) >= 11 is 5.85. The van der Waals surface area contributed by atoms with Gasteiger partial charge in [0.05, 0.1) is 19.6 Å². The summed E-state index contributed by atoms with van der Waals surface area (Å²) in [5.41, 5.74) is 2.03. The Balaban J connectivity index is 1.99. The van der Waals surface area contributed by atoms with E-state index in [0.29, 0.717) is 11.4 Å². The first-order chi connectivity index (χ1) is 10.6. The highest BCUT2D eigenvalue weighted by atomic mass is 35.5. The highest BCUT2D eigenvalue weighted by Crippen LogP contribution is 2.20. The highest BCUT2D eigenvalue weighted by Gasteiger charge is 2.13. The van der Waals surface area contributed by atoms with Crippen molar-refractivity contribution in [2.24, 2.45) is 0 Å². The lowest BCUT2D eigenvalue weighted by Gasteiger charge is -2.18. The van der Waals surface area contributed by atoms with Crippen molar-refractivity contribution in [1.82, 2.24) is 5.32 Å². The lowest BCUT2D eigenvalue weighted by Crippen LogP contribution is -2.29. The van der Waals surface area contributed by atoms with E-state index >= 15 is 0 Å². The monoisotopic (exact) mass is 317 g/mol. The average Bonchev–Trinajstić information content (AvgIpc) is 2.55. The molecule has 0 radical (unpaired) electrons. The van der Waals surface area contributed by atoms with E-state index in [1.165, 1.54) is 0 Å². The zero-order valence-corrected chi connectivity index (χ0v) is 13.6. The Kier molecular flexibility index (Phi) is 5.84. The van der Waals surface area contributed by atoms with Gasteiger partial charge in [0.1, 0.15) is 5.75 Å². The van der Waals surface area contributed by atoms with Crippen molar-refractivity contribution in [2.45, 2.75) is 25.8 Å². The zero-order valence-electron chi connectivity index (χ0n) is 12.8. The molecule has 4 heteroatoms. The smallest absolute Gasteiger partial charge is 0.224 e. The Hall–Kier alpha value is -2.00. The largest absolute Gasteiger partial charge is 0.497 e. The summed E-state index contributed by atoms with van der Waals surface area (Å²) in [7, 11) is 1.64. The molecule has 3 nitrogen and oxygen atoms in total. The normalized spacial score (nSPS) is 11.8. The van der Waals surface area contributed by atoms with Gasteiger partial charge in [0, 0.05) is 5.02 Å². The number of hydrogen-bond acceptors (Lipinski definition) is 2. The van der Waals surface area contributed by atoms with Gasteiger partial charge in [0.25, 0.3) is 0 Å². The van der Waals surface area contributed by atoms with Gasteiger partial charge in [0.15, 0.2) is 0 Å². The van der Waals surface area contributed by atoms with Crippen LogP contribution in [0.2, 0.25) is 5.02 Å². The molecule has 0 aromatic heterocycles. The van der Waals surface area contributed by atoms with Crippen molar-refractivity contribution < 1.29 is 9.53 Å². The SMILES string of the molecule is CC[C@@H](NC(=O)Cc1ccc(Cl)cc1)c1ccc(OC)cc1. The van der Waals surface area contributed by atoms with Crippen LogP contribution in [0.3, 0.4) is 0 Å². The van der Waals surface area contributed by atoms with Crippen LogP contribution in [-0.2, 0) is 11.2 Å². The lowest BCUT2D eigenvalue weighted by atomic mass is 10.0. The Labute approximate surface area is 136 Å². The first kappa shape index (κ1) is 16.4. The molecule has 0 bridgehead atoms. The summed E-state index contributed by atoms with van der Waals surface area (Å²) < 4.78 is 5.15. The average molecular weight is 318 g/mol. The van der Waals surface area contributed by atoms with Gasteiger partial charge in [-0.2, -0.15) is 0 Å². The standard InChI is InChI=1S/C18H20ClNO2/c1-3-17(14-6-10-16(22-2)11-7-14)20-18(21)12-13-4-8-15(19)9-5-13/h4-11,17H,3,12H2,1-2H3,(H,20,21)/t17-/m1/s1. The molecule has 0 saturated heterocycles. The van der Waals surface area contributed by atoms with Crippen molar-refractivity contribution in [1.29, 1.82) is 0 Å². The van der Waals surface area contributed by atoms with Gasteiger partial charge in [-0.05, 0) is 41.8 Å². The van der Waals surface area contributed by atoms with Gasteiger partial charge >= 0.3 is 0 Å². The molecule has 116 valence electrons. The number of rotatable bonds is 6. The number of carbonyl (C=O) groups excluding carboxylic acids is 1. The van der Waals surface area contributed by atoms with Crippen LogP contribution in [0.5, 0.6) is 5.75 Å². The molecule has 0 aliphatic rings. The number of amides is 1. The van der Waals surface area contributed by atoms with Crippen LogP contribution in [0.15, 0.2) is 48.5 Å². The Bertz CT molecular complexity index is 608. The second-order valence-corrected chi connectivity index (χ2v) is 5.54. The molecule has 1 atom stereocenters. The molecule has 0 fully saturated rings. The van der Waals surface area contributed by atoms with Gasteiger partial charge in [-0.3, -0.25) is 4.79 Å². The molecule has 0 aliphatic carbocycles. The molecule has 2 aromatic carbocycles. The van der Waals surface area contributed by atoms with Gasteiger partial charge in [0.2, 0.25) is 5.91 Å². The summed E-state index contributed by atoms with van der Waals surface area (Å²) in [5, 5.41) is 3.75. The van der Waals surface area contributed by atoms with Crippen LogP contribution in [0, 0.1) is 0 Å². The molecular formula is C18H20ClNO2. The third-order valence-electron chi connectivity index (χ3n) is 3.54. The van der Waals surface area contributed by atoms with Gasteiger partial charge < -0.3 is 10.1 Å². The molecule has 0 unspecified atom stereocenters. The van der Waals surface area contributed by atoms with Gasteiger partial charge in [-0.1, -0.05) is 42.8 Å². The van der Waals surface area contributed by atoms with Crippen LogP contribution < -0.4 is 10.1 Å². The minimum absolute atomic E-state index is 0.00462. The molecule has 1 amide bonds. The Morgan fingerprint density at radius 3 is 2.32 bits per heavy atom. The van der Waals surface area contributed by atoms with Gasteiger partial charge in [-0.15, -0.1) is 0 Å². The number of methoxy groups -OCH3 is 1. The number of benzene rings is 2. The molecule has 2 rings (SSSR count). The summed E-state index contributed by atoms with van der Waals surface area (Å²) in [4.78, 5) is 12.2. The van der Waals surface area contributed by atoms with E-state index < -0.39 is 0 Å². The number of ether oxygens (including phenoxy) is 1. The minimum atomic E-state index is 0.00462. The van der Waals surface area contributed by atoms with E-state index in [9.17, 15) is 4.79 Å². The maximum Gasteiger partial charge on any atom is 0.224 e. The van der Waals surface area contributed by atoms with E-state index in [4.69, 9.17) is 16.3 Å². The molecular weight excluding hydrogens is 298 g/mol. The number of nitrogens with one attached hydrogen (secondary N) is 1. The summed E-state index contributed by atoms with van der Waals surface area (Å²) in [6, 6.07) is 15.1. The fourth-order valence-electron chi connectivity index (χ4n) is 2.29. The van der Waals surface area contributed by atoms with Crippen LogP contribution >= 0.6 is 11.6 Å². The Morgan fingerprint density at radius 2 is 1.77 bits per heavy atom. The number of hydrogen-bond donors (Lipinski definition) is 1. The maximum absolute atomic E-state index is 12.2. The molecule has 2 aromatic rings. The molecule has 0 aliphatic heterocycles. The third-order valence-corrected chi connectivity index (χ3v) is 3.79. The fraction of sp³-hybridized carbons (Fsp3) is 0.278. The van der Waals surface area contributed by atoms with E-state index in [-0.39, 0.29) is 11.9 Å². The lowest BCUT2D eigenvalue weighted by molar-refractivity contribution is -0.121. The van der Waals surface area contributed by atoms with Gasteiger partial charge in [-0.25, -0.2) is 0 Å². The van der Waals surface area contributed by atoms with Crippen molar-refractivity contribution in [3.63, 3.8) is 0 Å². The van der Waals surface area contributed by atoms with Crippen molar-refractivity contribution >= 4 is 17.5 Å². The van der Waals surface area contributed by atoms with E-state index in [1.54, 1.807) is 19.2 Å². The second-order valence-electron chi connectivity index (χ2n) is 5.10. The Morgan fingerprint density at radius 1 is 1.14 bits per heavy atom. The predicted octanol–water partition coefficient (Wildman–Crippen LogP) is 4.16. The van der Waals surface area contributed by atoms with Crippen LogP contribution in [0.4, 0.5) is 0 Å². The first-order valence-corrected chi connectivity index (χ1v) is 7.68. The zero-order chi connectivity index (χ0) is 15.9. The third kappa shape index (κ3) is 4.50. The molecule has 0 spiro atoms. The van der Waals surface area contributed by atoms with Crippen molar-refractivity contribution in [2.75, 3.05) is 7.11 Å². The molecule has 0 heterocycles. The van der Waals surface area contributed by atoms with E-state index in [0.717, 1.165) is 23.3 Å². The maximum atomic E-state index is 12.2. The van der Waals surface area contributed by atoms with E-state index in [2.05, 4.69) is 12.2 Å². The summed E-state index contributed by atoms with van der Waals surface area (Å²) in [6.07, 6.45) is 1.18. The topological polar surface area (TPSA) is 38.3 Å². The molecule has 1 N–H and O–H groups in total. The van der Waals surface area contributed by atoms with Crippen molar-refractivity contribution in [3.05, 3.63) is 64.7 Å². The van der Waals surface area contributed by atoms with Crippen molar-refractivity contribution in [3.8, 4) is 5.75 Å². The van der Waals surface area contributed by atoms with E-state index in [1.807, 2.05) is 36.4 Å². The highest BCUT2D eigenvalue weighted by molar-refractivity contribution is 6.30. The first-order valence-electron chi connectivity index (χ1n) is 7.30. The summed E-state index contributed by atoms with van der Waals surface area (Å²) in [5.74, 6) is 0.816. The second kappa shape index (κ2) is 7.85. The quantitative estimate of drug-likeness (QED) is 0.868. The van der Waals surface area contributed by atoms with Crippen LogP contribution in [0.1, 0.15) is 30.5 Å². The molecule has 0 saturated carbocycles. The predicted molar refractivity (Wildman–Crippen MR) is 89.3 cm³/mol. The molecule has 22 heavy (non-hydrogen) atoms. The minimum Gasteiger partial charge on any atom is -0.497 e. The van der Waals surface area contributed by atoms with Crippen LogP contribution in [0.25, 0.3) is 0 Å². The number of halogens is 1. The van der Waals surface area contributed by atoms with Crippen LogP contribution in [-0.4, -0.2) is 13.0 Å². The number of carbonyl (C=O) groups is 1. The fourth-order valence-corrected chi connectivity index (χ4v) is 2.42. The summed E-state index contributed by atoms with van der Waals surface area (Å²) in [6.45, 7) is 2.05.